The van der Waals surface area contributed by atoms with Crippen molar-refractivity contribution in [2.45, 2.75) is 25.8 Å². The lowest BCUT2D eigenvalue weighted by Crippen LogP contribution is -3.00. The molecule has 0 radical (unpaired) electrons. The van der Waals surface area contributed by atoms with E-state index < -0.39 is 0 Å². The van der Waals surface area contributed by atoms with Crippen molar-refractivity contribution in [3.05, 3.63) is 53.1 Å². The maximum Gasteiger partial charge on any atom is 0.231 e. The highest BCUT2D eigenvalue weighted by molar-refractivity contribution is 5.94. The van der Waals surface area contributed by atoms with Crippen LogP contribution in [0.1, 0.15) is 36.1 Å². The topological polar surface area (TPSA) is 54.0 Å². The Hall–Kier alpha value is -2.26. The average molecular weight is 551 g/mol. The summed E-state index contributed by atoms with van der Waals surface area (Å²) < 4.78 is 23.2. The standard InChI is InChI=1S/C25H30NO5.HI/c1-5-29-20-10-7-17(8-11-20)6-9-19(27)15-21-23-18(12-13-26(21,2)3)14-22-24(25(23)28-4)31-16-30-22;/h6-11,14,21H,5,12-13,15-16H2,1-4H3;1H/q+1;/p-1. The molecule has 7 heteroatoms. The molecule has 2 aliphatic heterocycles. The Bertz CT molecular complexity index is 1000. The van der Waals surface area contributed by atoms with E-state index in [1.54, 1.807) is 13.2 Å². The van der Waals surface area contributed by atoms with Crippen LogP contribution in [0.25, 0.3) is 6.08 Å². The van der Waals surface area contributed by atoms with E-state index in [2.05, 4.69) is 14.1 Å². The normalized spacial score (nSPS) is 18.1. The van der Waals surface area contributed by atoms with Crippen LogP contribution in [0.4, 0.5) is 0 Å². The number of ketones is 1. The number of hydrogen-bond acceptors (Lipinski definition) is 5. The second-order valence-corrected chi connectivity index (χ2v) is 8.49. The summed E-state index contributed by atoms with van der Waals surface area (Å²) in [6.45, 7) is 3.73. The summed E-state index contributed by atoms with van der Waals surface area (Å²) in [5.41, 5.74) is 3.20. The van der Waals surface area contributed by atoms with Gasteiger partial charge in [0.25, 0.3) is 0 Å². The van der Waals surface area contributed by atoms with Crippen LogP contribution in [0, 0.1) is 0 Å². The Balaban J connectivity index is 0.00000289. The van der Waals surface area contributed by atoms with Gasteiger partial charge in [0.05, 0.1) is 46.3 Å². The SMILES string of the molecule is CCOc1ccc(C=CC(=O)CC2c3c(cc4c(c3OC)OCO4)CC[N+]2(C)C)cc1.[I-]. The summed E-state index contributed by atoms with van der Waals surface area (Å²) in [5, 5.41) is 0. The molecule has 0 fully saturated rings. The minimum Gasteiger partial charge on any atom is -1.00 e. The maximum atomic E-state index is 13.0. The van der Waals surface area contributed by atoms with Crippen molar-refractivity contribution in [3.63, 3.8) is 0 Å². The van der Waals surface area contributed by atoms with Crippen LogP contribution in [0.15, 0.2) is 36.4 Å². The van der Waals surface area contributed by atoms with Gasteiger partial charge in [0, 0.05) is 6.42 Å². The number of halogens is 1. The molecule has 0 saturated carbocycles. The summed E-state index contributed by atoms with van der Waals surface area (Å²) in [7, 11) is 5.99. The van der Waals surface area contributed by atoms with Gasteiger partial charge >= 0.3 is 0 Å². The number of methoxy groups -OCH3 is 1. The highest BCUT2D eigenvalue weighted by Crippen LogP contribution is 2.51. The lowest BCUT2D eigenvalue weighted by atomic mass is 9.86. The predicted molar refractivity (Wildman–Crippen MR) is 119 cm³/mol. The monoisotopic (exact) mass is 551 g/mol. The minimum absolute atomic E-state index is 0. The molecule has 0 aliphatic carbocycles. The highest BCUT2D eigenvalue weighted by atomic mass is 127. The molecule has 1 atom stereocenters. The Kier molecular flexibility index (Phi) is 7.71. The first-order valence-corrected chi connectivity index (χ1v) is 10.7. The largest absolute Gasteiger partial charge is 1.00 e. The summed E-state index contributed by atoms with van der Waals surface area (Å²) in [6.07, 6.45) is 4.83. The fourth-order valence-corrected chi connectivity index (χ4v) is 4.40. The van der Waals surface area contributed by atoms with Crippen molar-refractivity contribution in [1.29, 1.82) is 0 Å². The first kappa shape index (κ1) is 24.4. The number of quaternary nitrogens is 1. The first-order chi connectivity index (χ1) is 14.9. The molecule has 2 heterocycles. The number of hydrogen-bond donors (Lipinski definition) is 0. The number of carbonyl (C=O) groups excluding carboxylic acids is 1. The quantitative estimate of drug-likeness (QED) is 0.294. The molecule has 2 aliphatic rings. The van der Waals surface area contributed by atoms with Crippen molar-refractivity contribution in [3.8, 4) is 23.0 Å². The summed E-state index contributed by atoms with van der Waals surface area (Å²) in [6, 6.07) is 9.76. The molecule has 0 amide bonds. The van der Waals surface area contributed by atoms with E-state index in [0.29, 0.717) is 29.0 Å². The third kappa shape index (κ3) is 4.88. The minimum atomic E-state index is -0.0225. The molecule has 4 rings (SSSR count). The smallest absolute Gasteiger partial charge is 0.231 e. The van der Waals surface area contributed by atoms with E-state index in [9.17, 15) is 4.79 Å². The van der Waals surface area contributed by atoms with Gasteiger partial charge < -0.3 is 47.4 Å². The fourth-order valence-electron chi connectivity index (χ4n) is 4.40. The zero-order valence-corrected chi connectivity index (χ0v) is 21.2. The van der Waals surface area contributed by atoms with Gasteiger partial charge in [-0.1, -0.05) is 18.2 Å². The third-order valence-electron chi connectivity index (χ3n) is 6.13. The summed E-state index contributed by atoms with van der Waals surface area (Å²) in [5.74, 6) is 2.98. The Morgan fingerprint density at radius 1 is 1.22 bits per heavy atom. The second kappa shape index (κ2) is 10.1. The Labute approximate surface area is 206 Å². The summed E-state index contributed by atoms with van der Waals surface area (Å²) in [4.78, 5) is 13.0. The Morgan fingerprint density at radius 3 is 2.66 bits per heavy atom. The van der Waals surface area contributed by atoms with E-state index in [4.69, 9.17) is 18.9 Å². The van der Waals surface area contributed by atoms with Crippen molar-refractivity contribution in [1.82, 2.24) is 0 Å². The Morgan fingerprint density at radius 2 is 1.97 bits per heavy atom. The lowest BCUT2D eigenvalue weighted by Gasteiger charge is -2.43. The molecule has 0 spiro atoms. The van der Waals surface area contributed by atoms with Gasteiger partial charge in [0.1, 0.15) is 11.8 Å². The van der Waals surface area contributed by atoms with Gasteiger partial charge in [-0.15, -0.1) is 0 Å². The van der Waals surface area contributed by atoms with E-state index in [1.807, 2.05) is 43.3 Å². The molecule has 0 N–H and O–H groups in total. The van der Waals surface area contributed by atoms with Crippen molar-refractivity contribution in [2.24, 2.45) is 0 Å². The molecule has 2 aromatic carbocycles. The van der Waals surface area contributed by atoms with Crippen LogP contribution in [-0.4, -0.2) is 51.4 Å². The number of rotatable bonds is 7. The van der Waals surface area contributed by atoms with Gasteiger partial charge in [-0.25, -0.2) is 0 Å². The zero-order chi connectivity index (χ0) is 22.0. The first-order valence-electron chi connectivity index (χ1n) is 10.7. The van der Waals surface area contributed by atoms with Crippen molar-refractivity contribution >= 4 is 11.9 Å². The molecule has 0 saturated heterocycles. The highest BCUT2D eigenvalue weighted by Gasteiger charge is 2.41. The van der Waals surface area contributed by atoms with Gasteiger partial charge in [-0.2, -0.15) is 0 Å². The van der Waals surface area contributed by atoms with Crippen LogP contribution in [0.5, 0.6) is 23.0 Å². The van der Waals surface area contributed by atoms with Crippen LogP contribution in [0.2, 0.25) is 0 Å². The number of allylic oxidation sites excluding steroid dienone is 1. The van der Waals surface area contributed by atoms with Crippen molar-refractivity contribution < 1.29 is 52.2 Å². The molecule has 6 nitrogen and oxygen atoms in total. The molecule has 32 heavy (non-hydrogen) atoms. The van der Waals surface area contributed by atoms with E-state index in [-0.39, 0.29) is 42.6 Å². The van der Waals surface area contributed by atoms with Crippen molar-refractivity contribution in [2.75, 3.05) is 41.1 Å². The van der Waals surface area contributed by atoms with Crippen LogP contribution in [0.3, 0.4) is 0 Å². The predicted octanol–water partition coefficient (Wildman–Crippen LogP) is 1.17. The molecule has 0 aromatic heterocycles. The zero-order valence-electron chi connectivity index (χ0n) is 19.0. The van der Waals surface area contributed by atoms with Gasteiger partial charge in [0.2, 0.25) is 12.5 Å². The van der Waals surface area contributed by atoms with Crippen LogP contribution < -0.4 is 42.9 Å². The van der Waals surface area contributed by atoms with Crippen LogP contribution >= 0.6 is 0 Å². The molecule has 1 unspecified atom stereocenters. The molecular weight excluding hydrogens is 521 g/mol. The average Bonchev–Trinajstić information content (AvgIpc) is 3.22. The van der Waals surface area contributed by atoms with Crippen LogP contribution in [-0.2, 0) is 11.2 Å². The fraction of sp³-hybridized carbons (Fsp3) is 0.400. The lowest BCUT2D eigenvalue weighted by molar-refractivity contribution is -0.922. The molecule has 0 bridgehead atoms. The number of likely N-dealkylation sites (N-methyl/N-ethyl adjacent to an activating group) is 1. The third-order valence-corrected chi connectivity index (χ3v) is 6.13. The molecular formula is C25H30INO5. The maximum absolute atomic E-state index is 13.0. The van der Waals surface area contributed by atoms with E-state index in [1.165, 1.54) is 5.56 Å². The summed E-state index contributed by atoms with van der Waals surface area (Å²) >= 11 is 0. The number of fused-ring (bicyclic) bond motifs is 2. The number of nitrogens with zero attached hydrogens (tertiary/aromatic N) is 1. The van der Waals surface area contributed by atoms with E-state index in [0.717, 1.165) is 35.6 Å². The van der Waals surface area contributed by atoms with Gasteiger partial charge in [-0.3, -0.25) is 4.79 Å². The molecule has 2 aromatic rings. The number of benzene rings is 2. The van der Waals surface area contributed by atoms with Gasteiger partial charge in [0.15, 0.2) is 17.3 Å². The van der Waals surface area contributed by atoms with E-state index >= 15 is 0 Å². The second-order valence-electron chi connectivity index (χ2n) is 8.49. The molecule has 172 valence electrons. The number of ether oxygens (including phenoxy) is 4. The number of carbonyl (C=O) groups is 1. The van der Waals surface area contributed by atoms with Gasteiger partial charge in [-0.05, 0) is 42.3 Å².